The van der Waals surface area contributed by atoms with Gasteiger partial charge in [-0.2, -0.15) is 0 Å². The first-order valence-electron chi connectivity index (χ1n) is 16.2. The molecule has 4 rings (SSSR count). The molecule has 0 spiro atoms. The molecule has 0 saturated heterocycles. The van der Waals surface area contributed by atoms with Gasteiger partial charge in [0.05, 0.1) is 24.8 Å². The third-order valence-electron chi connectivity index (χ3n) is 8.08. The van der Waals surface area contributed by atoms with Gasteiger partial charge in [0.2, 0.25) is 11.8 Å². The fourth-order valence-electron chi connectivity index (χ4n) is 5.57. The number of halogens is 1. The molecule has 49 heavy (non-hydrogen) atoms. The predicted molar refractivity (Wildman–Crippen MR) is 189 cm³/mol. The Bertz CT molecular complexity index is 1810. The summed E-state index contributed by atoms with van der Waals surface area (Å²) in [5, 5.41) is 2.96. The number of hydrogen-bond donors (Lipinski definition) is 1. The van der Waals surface area contributed by atoms with Crippen molar-refractivity contribution >= 4 is 27.5 Å². The number of methoxy groups -OCH3 is 2. The number of unbranched alkanes of at least 4 members (excludes halogenated alkanes) is 1. The van der Waals surface area contributed by atoms with E-state index in [1.165, 1.54) is 49.5 Å². The van der Waals surface area contributed by atoms with E-state index in [-0.39, 0.29) is 35.2 Å². The number of carbonyl (C=O) groups is 2. The Morgan fingerprint density at radius 3 is 2.10 bits per heavy atom. The maximum atomic E-state index is 14.7. The zero-order valence-corrected chi connectivity index (χ0v) is 29.4. The second-order valence-electron chi connectivity index (χ2n) is 11.9. The van der Waals surface area contributed by atoms with Crippen LogP contribution >= 0.6 is 0 Å². The second kappa shape index (κ2) is 17.0. The van der Waals surface area contributed by atoms with Gasteiger partial charge in [0, 0.05) is 25.6 Å². The largest absolute Gasteiger partial charge is 0.493 e. The predicted octanol–water partition coefficient (Wildman–Crippen LogP) is 6.21. The number of aryl methyl sites for hydroxylation is 2. The number of sulfonamides is 1. The van der Waals surface area contributed by atoms with Gasteiger partial charge >= 0.3 is 0 Å². The molecule has 0 radical (unpaired) electrons. The summed E-state index contributed by atoms with van der Waals surface area (Å²) in [6.45, 7) is 5.44. The SMILES string of the molecule is CCCCNC(=O)C(Cc1ccccc1)N(Cc1ccc(F)cc1)C(=O)CN(c1cc(C)cc(C)c1)S(=O)(=O)c1ccc(OC)c(OC)c1. The van der Waals surface area contributed by atoms with Crippen molar-refractivity contribution in [2.75, 3.05) is 31.6 Å². The van der Waals surface area contributed by atoms with E-state index >= 15 is 0 Å². The highest BCUT2D eigenvalue weighted by Crippen LogP contribution is 2.33. The van der Waals surface area contributed by atoms with Crippen LogP contribution in [0.5, 0.6) is 11.5 Å². The molecule has 0 bridgehead atoms. The number of carbonyl (C=O) groups excluding carboxylic acids is 2. The summed E-state index contributed by atoms with van der Waals surface area (Å²) in [5.74, 6) is -0.868. The molecule has 4 aromatic carbocycles. The zero-order valence-electron chi connectivity index (χ0n) is 28.6. The quantitative estimate of drug-likeness (QED) is 0.140. The summed E-state index contributed by atoms with van der Waals surface area (Å²) in [6, 6.07) is 23.5. The fraction of sp³-hybridized carbons (Fsp3) is 0.316. The smallest absolute Gasteiger partial charge is 0.264 e. The van der Waals surface area contributed by atoms with Crippen molar-refractivity contribution in [3.63, 3.8) is 0 Å². The minimum absolute atomic E-state index is 0.0606. The minimum Gasteiger partial charge on any atom is -0.493 e. The Kier molecular flexibility index (Phi) is 12.8. The van der Waals surface area contributed by atoms with Crippen LogP contribution in [0.1, 0.15) is 42.0 Å². The van der Waals surface area contributed by atoms with Crippen molar-refractivity contribution in [3.05, 3.63) is 119 Å². The first kappa shape index (κ1) is 36.9. The summed E-state index contributed by atoms with van der Waals surface area (Å²) >= 11 is 0. The lowest BCUT2D eigenvalue weighted by atomic mass is 10.0. The Morgan fingerprint density at radius 2 is 1.49 bits per heavy atom. The number of benzene rings is 4. The van der Waals surface area contributed by atoms with E-state index in [0.29, 0.717) is 17.9 Å². The van der Waals surface area contributed by atoms with Crippen LogP contribution in [0.4, 0.5) is 10.1 Å². The highest BCUT2D eigenvalue weighted by Gasteiger charge is 2.35. The van der Waals surface area contributed by atoms with E-state index in [2.05, 4.69) is 5.32 Å². The van der Waals surface area contributed by atoms with Crippen molar-refractivity contribution in [3.8, 4) is 11.5 Å². The monoisotopic (exact) mass is 689 g/mol. The van der Waals surface area contributed by atoms with Gasteiger partial charge in [-0.1, -0.05) is 61.9 Å². The van der Waals surface area contributed by atoms with Crippen LogP contribution in [0, 0.1) is 19.7 Å². The third kappa shape index (κ3) is 9.60. The van der Waals surface area contributed by atoms with Crippen molar-refractivity contribution in [1.29, 1.82) is 0 Å². The van der Waals surface area contributed by atoms with Crippen LogP contribution < -0.4 is 19.1 Å². The molecule has 4 aromatic rings. The molecule has 0 fully saturated rings. The van der Waals surface area contributed by atoms with Crippen molar-refractivity contribution in [2.45, 2.75) is 57.5 Å². The van der Waals surface area contributed by atoms with Gasteiger partial charge in [0.25, 0.3) is 10.0 Å². The standard InChI is InChI=1S/C38H44FN3O6S/c1-6-7-19-40-38(44)34(23-29-11-9-8-10-12-29)41(25-30-13-15-31(39)16-14-30)37(43)26-42(32-21-27(2)20-28(3)22-32)49(45,46)33-17-18-35(47-4)36(24-33)48-5/h8-18,20-22,24,34H,6-7,19,23,25-26H2,1-5H3,(H,40,44). The Labute approximate surface area is 288 Å². The molecule has 0 saturated carbocycles. The summed E-state index contributed by atoms with van der Waals surface area (Å²) in [7, 11) is -1.52. The van der Waals surface area contributed by atoms with Crippen LogP contribution in [-0.4, -0.2) is 58.5 Å². The lowest BCUT2D eigenvalue weighted by Gasteiger charge is -2.34. The molecule has 0 aliphatic heterocycles. The first-order valence-corrected chi connectivity index (χ1v) is 17.6. The van der Waals surface area contributed by atoms with Gasteiger partial charge in [0.15, 0.2) is 11.5 Å². The molecule has 1 N–H and O–H groups in total. The number of anilines is 1. The van der Waals surface area contributed by atoms with E-state index < -0.39 is 34.3 Å². The second-order valence-corrected chi connectivity index (χ2v) is 13.7. The Hall–Kier alpha value is -4.90. The summed E-state index contributed by atoms with van der Waals surface area (Å²) in [6.07, 6.45) is 1.79. The summed E-state index contributed by atoms with van der Waals surface area (Å²) in [5.41, 5.74) is 3.29. The molecule has 0 aliphatic rings. The number of hydrogen-bond acceptors (Lipinski definition) is 6. The fourth-order valence-corrected chi connectivity index (χ4v) is 6.99. The Morgan fingerprint density at radius 1 is 0.837 bits per heavy atom. The minimum atomic E-state index is -4.37. The lowest BCUT2D eigenvalue weighted by Crippen LogP contribution is -2.53. The normalized spacial score (nSPS) is 11.8. The molecular weight excluding hydrogens is 645 g/mol. The molecule has 9 nitrogen and oxygen atoms in total. The number of nitrogens with zero attached hydrogens (tertiary/aromatic N) is 2. The maximum Gasteiger partial charge on any atom is 0.264 e. The lowest BCUT2D eigenvalue weighted by molar-refractivity contribution is -0.140. The molecule has 11 heteroatoms. The topological polar surface area (TPSA) is 105 Å². The van der Waals surface area contributed by atoms with Crippen molar-refractivity contribution < 1.29 is 31.9 Å². The van der Waals surface area contributed by atoms with E-state index in [4.69, 9.17) is 9.47 Å². The maximum absolute atomic E-state index is 14.7. The molecule has 1 unspecified atom stereocenters. The van der Waals surface area contributed by atoms with Crippen molar-refractivity contribution in [1.82, 2.24) is 10.2 Å². The van der Waals surface area contributed by atoms with Crippen LogP contribution in [0.2, 0.25) is 0 Å². The summed E-state index contributed by atoms with van der Waals surface area (Å²) in [4.78, 5) is 29.8. The average Bonchev–Trinajstić information content (AvgIpc) is 3.09. The van der Waals surface area contributed by atoms with Crippen LogP contribution in [-0.2, 0) is 32.6 Å². The molecule has 0 heterocycles. The summed E-state index contributed by atoms with van der Waals surface area (Å²) < 4.78 is 54.6. The zero-order chi connectivity index (χ0) is 35.6. The molecule has 1 atom stereocenters. The van der Waals surface area contributed by atoms with E-state index in [1.54, 1.807) is 24.3 Å². The van der Waals surface area contributed by atoms with Gasteiger partial charge in [-0.25, -0.2) is 12.8 Å². The van der Waals surface area contributed by atoms with Gasteiger partial charge < -0.3 is 19.7 Å². The Balaban J connectivity index is 1.84. The number of amides is 2. The molecule has 0 aliphatic carbocycles. The molecule has 0 aromatic heterocycles. The van der Waals surface area contributed by atoms with Gasteiger partial charge in [-0.15, -0.1) is 0 Å². The van der Waals surface area contributed by atoms with Crippen LogP contribution in [0.15, 0.2) is 95.9 Å². The highest BCUT2D eigenvalue weighted by molar-refractivity contribution is 7.92. The first-order chi connectivity index (χ1) is 23.5. The van der Waals surface area contributed by atoms with Gasteiger partial charge in [0.1, 0.15) is 18.4 Å². The highest BCUT2D eigenvalue weighted by atomic mass is 32.2. The molecule has 2 amide bonds. The van der Waals surface area contributed by atoms with E-state index in [1.807, 2.05) is 57.2 Å². The van der Waals surface area contributed by atoms with Crippen LogP contribution in [0.25, 0.3) is 0 Å². The van der Waals surface area contributed by atoms with E-state index in [0.717, 1.165) is 33.8 Å². The number of ether oxygens (including phenoxy) is 2. The van der Waals surface area contributed by atoms with Crippen molar-refractivity contribution in [2.24, 2.45) is 0 Å². The third-order valence-corrected chi connectivity index (χ3v) is 9.85. The van der Waals surface area contributed by atoms with Gasteiger partial charge in [-0.05, 0) is 78.9 Å². The average molecular weight is 690 g/mol. The molecular formula is C38H44FN3O6S. The van der Waals surface area contributed by atoms with E-state index in [9.17, 15) is 22.4 Å². The van der Waals surface area contributed by atoms with Gasteiger partial charge in [-0.3, -0.25) is 13.9 Å². The number of nitrogens with one attached hydrogen (secondary N) is 1. The van der Waals surface area contributed by atoms with Crippen LogP contribution in [0.3, 0.4) is 0 Å². The number of rotatable bonds is 16. The molecule has 260 valence electrons.